The van der Waals surface area contributed by atoms with Crippen LogP contribution in [0.3, 0.4) is 0 Å². The van der Waals surface area contributed by atoms with E-state index in [-0.39, 0.29) is 6.42 Å². The van der Waals surface area contributed by atoms with E-state index >= 15 is 0 Å². The second-order valence-electron chi connectivity index (χ2n) is 3.52. The van der Waals surface area contributed by atoms with E-state index in [2.05, 4.69) is 11.6 Å². The number of aliphatic carboxylic acids is 1. The molecule has 1 N–H and O–H groups in total. The minimum Gasteiger partial charge on any atom is -0.481 e. The van der Waals surface area contributed by atoms with Gasteiger partial charge in [-0.2, -0.15) is 0 Å². The molecule has 0 spiro atoms. The summed E-state index contributed by atoms with van der Waals surface area (Å²) < 4.78 is 0. The summed E-state index contributed by atoms with van der Waals surface area (Å²) in [5, 5.41) is 8.63. The molecule has 0 amide bonds. The fourth-order valence-electron chi connectivity index (χ4n) is 1.42. The third kappa shape index (κ3) is 4.70. The Morgan fingerprint density at radius 1 is 1.50 bits per heavy atom. The largest absolute Gasteiger partial charge is 0.481 e. The standard InChI is InChI=1S/C12H16N2O2/c1-2-8-14(9-5-12(15)16)10-11-3-6-13-7-4-11/h2-4,6-7H,1,5,8-10H2,(H,15,16). The first-order chi connectivity index (χ1) is 7.72. The van der Waals surface area contributed by atoms with Crippen LogP contribution in [0, 0.1) is 0 Å². The quantitative estimate of drug-likeness (QED) is 0.708. The third-order valence-corrected chi connectivity index (χ3v) is 2.18. The lowest BCUT2D eigenvalue weighted by Gasteiger charge is -2.19. The average Bonchev–Trinajstić information content (AvgIpc) is 2.27. The summed E-state index contributed by atoms with van der Waals surface area (Å²) in [6.45, 7) is 5.61. The third-order valence-electron chi connectivity index (χ3n) is 2.18. The van der Waals surface area contributed by atoms with Gasteiger partial charge in [-0.3, -0.25) is 14.7 Å². The molecule has 0 saturated carbocycles. The minimum atomic E-state index is -0.774. The molecule has 86 valence electrons. The number of pyridine rings is 1. The molecule has 1 aromatic rings. The molecule has 16 heavy (non-hydrogen) atoms. The summed E-state index contributed by atoms with van der Waals surface area (Å²) in [7, 11) is 0. The van der Waals surface area contributed by atoms with Crippen LogP contribution in [0.5, 0.6) is 0 Å². The summed E-state index contributed by atoms with van der Waals surface area (Å²) in [6.07, 6.45) is 5.40. The summed E-state index contributed by atoms with van der Waals surface area (Å²) in [5.41, 5.74) is 1.13. The molecule has 0 saturated heterocycles. The second kappa shape index (κ2) is 6.74. The van der Waals surface area contributed by atoms with Gasteiger partial charge in [-0.1, -0.05) is 6.08 Å². The Balaban J connectivity index is 2.50. The van der Waals surface area contributed by atoms with Crippen LogP contribution in [-0.4, -0.2) is 34.0 Å². The van der Waals surface area contributed by atoms with Gasteiger partial charge in [0.1, 0.15) is 0 Å². The van der Waals surface area contributed by atoms with E-state index in [9.17, 15) is 4.79 Å². The van der Waals surface area contributed by atoms with E-state index in [0.717, 1.165) is 12.1 Å². The summed E-state index contributed by atoms with van der Waals surface area (Å²) in [6, 6.07) is 3.85. The Labute approximate surface area is 95.2 Å². The maximum Gasteiger partial charge on any atom is 0.304 e. The number of nitrogens with zero attached hydrogens (tertiary/aromatic N) is 2. The van der Waals surface area contributed by atoms with Crippen molar-refractivity contribution in [2.45, 2.75) is 13.0 Å². The molecular formula is C12H16N2O2. The lowest BCUT2D eigenvalue weighted by Crippen LogP contribution is -2.26. The van der Waals surface area contributed by atoms with Crippen LogP contribution in [-0.2, 0) is 11.3 Å². The normalized spacial score (nSPS) is 10.3. The molecule has 1 rings (SSSR count). The zero-order chi connectivity index (χ0) is 11.8. The Hall–Kier alpha value is -1.68. The van der Waals surface area contributed by atoms with Crippen LogP contribution in [0.1, 0.15) is 12.0 Å². The fraction of sp³-hybridized carbons (Fsp3) is 0.333. The maximum atomic E-state index is 10.5. The van der Waals surface area contributed by atoms with E-state index < -0.39 is 5.97 Å². The van der Waals surface area contributed by atoms with Gasteiger partial charge in [-0.25, -0.2) is 0 Å². The Morgan fingerprint density at radius 2 is 2.19 bits per heavy atom. The van der Waals surface area contributed by atoms with Gasteiger partial charge >= 0.3 is 5.97 Å². The Morgan fingerprint density at radius 3 is 2.75 bits per heavy atom. The highest BCUT2D eigenvalue weighted by Crippen LogP contribution is 2.03. The van der Waals surface area contributed by atoms with E-state index in [1.54, 1.807) is 18.5 Å². The molecule has 0 fully saturated rings. The van der Waals surface area contributed by atoms with E-state index in [4.69, 9.17) is 5.11 Å². The Kier molecular flexibility index (Phi) is 5.22. The van der Waals surface area contributed by atoms with Crippen molar-refractivity contribution in [3.8, 4) is 0 Å². The minimum absolute atomic E-state index is 0.152. The molecule has 0 aliphatic heterocycles. The second-order valence-corrected chi connectivity index (χ2v) is 3.52. The molecule has 0 bridgehead atoms. The molecule has 0 aromatic carbocycles. The van der Waals surface area contributed by atoms with E-state index in [0.29, 0.717) is 13.1 Å². The number of hydrogen-bond donors (Lipinski definition) is 1. The van der Waals surface area contributed by atoms with Crippen molar-refractivity contribution in [1.29, 1.82) is 0 Å². The van der Waals surface area contributed by atoms with Crippen LogP contribution >= 0.6 is 0 Å². The molecule has 0 aliphatic carbocycles. The monoisotopic (exact) mass is 220 g/mol. The molecule has 0 unspecified atom stereocenters. The van der Waals surface area contributed by atoms with Gasteiger partial charge < -0.3 is 5.11 Å². The van der Waals surface area contributed by atoms with Crippen LogP contribution in [0.25, 0.3) is 0 Å². The van der Waals surface area contributed by atoms with Crippen LogP contribution in [0.15, 0.2) is 37.2 Å². The van der Waals surface area contributed by atoms with Gasteiger partial charge in [0.25, 0.3) is 0 Å². The molecule has 0 atom stereocenters. The van der Waals surface area contributed by atoms with Crippen molar-refractivity contribution in [3.63, 3.8) is 0 Å². The van der Waals surface area contributed by atoms with Crippen molar-refractivity contribution < 1.29 is 9.90 Å². The first-order valence-corrected chi connectivity index (χ1v) is 5.16. The Bertz CT molecular complexity index is 338. The van der Waals surface area contributed by atoms with Crippen molar-refractivity contribution in [1.82, 2.24) is 9.88 Å². The average molecular weight is 220 g/mol. The molecule has 4 heteroatoms. The number of rotatable bonds is 7. The molecule has 1 aromatic heterocycles. The number of carboxylic acids is 1. The van der Waals surface area contributed by atoms with Gasteiger partial charge in [-0.15, -0.1) is 6.58 Å². The maximum absolute atomic E-state index is 10.5. The van der Waals surface area contributed by atoms with E-state index in [1.807, 2.05) is 17.0 Å². The zero-order valence-electron chi connectivity index (χ0n) is 9.17. The molecule has 0 aliphatic rings. The highest BCUT2D eigenvalue weighted by molar-refractivity contribution is 5.66. The van der Waals surface area contributed by atoms with Gasteiger partial charge in [0.15, 0.2) is 0 Å². The van der Waals surface area contributed by atoms with Crippen molar-refractivity contribution >= 4 is 5.97 Å². The number of carboxylic acid groups (broad SMARTS) is 1. The zero-order valence-corrected chi connectivity index (χ0v) is 9.17. The molecule has 1 heterocycles. The molecular weight excluding hydrogens is 204 g/mol. The number of carbonyl (C=O) groups is 1. The van der Waals surface area contributed by atoms with Gasteiger partial charge in [-0.05, 0) is 17.7 Å². The van der Waals surface area contributed by atoms with Gasteiger partial charge in [0.2, 0.25) is 0 Å². The highest BCUT2D eigenvalue weighted by Gasteiger charge is 2.06. The van der Waals surface area contributed by atoms with Crippen LogP contribution < -0.4 is 0 Å². The van der Waals surface area contributed by atoms with Crippen molar-refractivity contribution in [2.75, 3.05) is 13.1 Å². The van der Waals surface area contributed by atoms with Crippen molar-refractivity contribution in [2.24, 2.45) is 0 Å². The van der Waals surface area contributed by atoms with Crippen LogP contribution in [0.2, 0.25) is 0 Å². The molecule has 0 radical (unpaired) electrons. The first-order valence-electron chi connectivity index (χ1n) is 5.16. The summed E-state index contributed by atoms with van der Waals surface area (Å²) in [5.74, 6) is -0.774. The lowest BCUT2D eigenvalue weighted by molar-refractivity contribution is -0.137. The molecule has 4 nitrogen and oxygen atoms in total. The topological polar surface area (TPSA) is 53.4 Å². The smallest absolute Gasteiger partial charge is 0.304 e. The number of hydrogen-bond acceptors (Lipinski definition) is 3. The lowest BCUT2D eigenvalue weighted by atomic mass is 10.2. The predicted molar refractivity (Wildman–Crippen MR) is 62.0 cm³/mol. The SMILES string of the molecule is C=CCN(CCC(=O)O)Cc1ccncc1. The summed E-state index contributed by atoms with van der Waals surface area (Å²) >= 11 is 0. The van der Waals surface area contributed by atoms with Crippen LogP contribution in [0.4, 0.5) is 0 Å². The van der Waals surface area contributed by atoms with E-state index in [1.165, 1.54) is 0 Å². The fourth-order valence-corrected chi connectivity index (χ4v) is 1.42. The van der Waals surface area contributed by atoms with Gasteiger partial charge in [0.05, 0.1) is 6.42 Å². The van der Waals surface area contributed by atoms with Crippen molar-refractivity contribution in [3.05, 3.63) is 42.7 Å². The number of aromatic nitrogens is 1. The predicted octanol–water partition coefficient (Wildman–Crippen LogP) is 1.54. The van der Waals surface area contributed by atoms with Gasteiger partial charge in [0, 0.05) is 32.0 Å². The first kappa shape index (κ1) is 12.4. The highest BCUT2D eigenvalue weighted by atomic mass is 16.4. The summed E-state index contributed by atoms with van der Waals surface area (Å²) in [4.78, 5) is 16.5.